The van der Waals surface area contributed by atoms with Crippen molar-refractivity contribution >= 4 is 11.8 Å². The Labute approximate surface area is 69.9 Å². The van der Waals surface area contributed by atoms with E-state index in [0.717, 1.165) is 4.90 Å². The van der Waals surface area contributed by atoms with Crippen molar-refractivity contribution in [2.45, 2.75) is 19.4 Å². The van der Waals surface area contributed by atoms with Gasteiger partial charge < -0.3 is 0 Å². The standard InChI is InChI=1S/C7H9N3O2/c1-7(2)6(12)9-5(11)3-10(7)4-8/h3H2,1-2H3,(H,9,11,12). The summed E-state index contributed by atoms with van der Waals surface area (Å²) in [4.78, 5) is 23.1. The Bertz CT molecular complexity index is 277. The summed E-state index contributed by atoms with van der Waals surface area (Å²) in [6.45, 7) is 3.14. The van der Waals surface area contributed by atoms with Crippen LogP contribution in [0.15, 0.2) is 0 Å². The minimum Gasteiger partial charge on any atom is -0.293 e. The van der Waals surface area contributed by atoms with Crippen LogP contribution in [0.5, 0.6) is 0 Å². The van der Waals surface area contributed by atoms with E-state index in [2.05, 4.69) is 5.32 Å². The third-order valence-electron chi connectivity index (χ3n) is 1.91. The highest BCUT2D eigenvalue weighted by Crippen LogP contribution is 2.16. The van der Waals surface area contributed by atoms with Crippen LogP contribution < -0.4 is 5.32 Å². The first-order chi connectivity index (χ1) is 5.48. The first kappa shape index (κ1) is 8.53. The molecule has 5 heteroatoms. The molecule has 1 heterocycles. The Morgan fingerprint density at radius 1 is 1.58 bits per heavy atom. The Morgan fingerprint density at radius 2 is 2.17 bits per heavy atom. The van der Waals surface area contributed by atoms with Crippen molar-refractivity contribution < 1.29 is 9.59 Å². The Kier molecular flexibility index (Phi) is 1.76. The largest absolute Gasteiger partial charge is 0.293 e. The fraction of sp³-hybridized carbons (Fsp3) is 0.571. The summed E-state index contributed by atoms with van der Waals surface area (Å²) < 4.78 is 0. The number of amides is 2. The minimum atomic E-state index is -0.914. The number of carbonyl (C=O) groups is 2. The van der Waals surface area contributed by atoms with Gasteiger partial charge in [0, 0.05) is 0 Å². The summed E-state index contributed by atoms with van der Waals surface area (Å²) in [5.74, 6) is -0.860. The van der Waals surface area contributed by atoms with Crippen molar-refractivity contribution in [1.29, 1.82) is 5.26 Å². The van der Waals surface area contributed by atoms with Gasteiger partial charge in [-0.1, -0.05) is 0 Å². The lowest BCUT2D eigenvalue weighted by Gasteiger charge is -2.35. The zero-order valence-electron chi connectivity index (χ0n) is 6.92. The van der Waals surface area contributed by atoms with Gasteiger partial charge in [-0.15, -0.1) is 0 Å². The zero-order valence-corrected chi connectivity index (χ0v) is 6.92. The van der Waals surface area contributed by atoms with Crippen molar-refractivity contribution in [1.82, 2.24) is 10.2 Å². The van der Waals surface area contributed by atoms with E-state index in [1.54, 1.807) is 20.0 Å². The first-order valence-electron chi connectivity index (χ1n) is 3.50. The van der Waals surface area contributed by atoms with Crippen LogP contribution in [0.2, 0.25) is 0 Å². The molecule has 0 aromatic heterocycles. The van der Waals surface area contributed by atoms with E-state index in [0.29, 0.717) is 0 Å². The van der Waals surface area contributed by atoms with Gasteiger partial charge in [-0.2, -0.15) is 5.26 Å². The molecule has 1 rings (SSSR count). The van der Waals surface area contributed by atoms with Crippen LogP contribution in [0, 0.1) is 11.5 Å². The van der Waals surface area contributed by atoms with Crippen LogP contribution in [0.25, 0.3) is 0 Å². The molecule has 0 radical (unpaired) electrons. The van der Waals surface area contributed by atoms with Crippen LogP contribution in [0.3, 0.4) is 0 Å². The fourth-order valence-corrected chi connectivity index (χ4v) is 0.943. The van der Waals surface area contributed by atoms with E-state index in [9.17, 15) is 9.59 Å². The van der Waals surface area contributed by atoms with Crippen LogP contribution in [0.1, 0.15) is 13.8 Å². The highest BCUT2D eigenvalue weighted by atomic mass is 16.2. The molecule has 1 aliphatic rings. The minimum absolute atomic E-state index is 0.0464. The van der Waals surface area contributed by atoms with Crippen LogP contribution in [-0.4, -0.2) is 28.8 Å². The maximum absolute atomic E-state index is 11.2. The number of hydrogen-bond donors (Lipinski definition) is 1. The molecule has 0 bridgehead atoms. The summed E-state index contributed by atoms with van der Waals surface area (Å²) in [5, 5.41) is 10.8. The second-order valence-electron chi connectivity index (χ2n) is 3.12. The molecule has 0 aliphatic carbocycles. The number of nitrogens with one attached hydrogen (secondary N) is 1. The number of imide groups is 1. The number of hydrogen-bond acceptors (Lipinski definition) is 4. The van der Waals surface area contributed by atoms with E-state index in [1.807, 2.05) is 0 Å². The lowest BCUT2D eigenvalue weighted by molar-refractivity contribution is -0.142. The van der Waals surface area contributed by atoms with Crippen molar-refractivity contribution in [3.05, 3.63) is 0 Å². The van der Waals surface area contributed by atoms with Gasteiger partial charge >= 0.3 is 0 Å². The zero-order chi connectivity index (χ0) is 9.35. The second kappa shape index (κ2) is 2.48. The molecule has 1 fully saturated rings. The molecule has 1 N–H and O–H groups in total. The molecule has 1 saturated heterocycles. The predicted molar refractivity (Wildman–Crippen MR) is 39.5 cm³/mol. The quantitative estimate of drug-likeness (QED) is 0.379. The predicted octanol–water partition coefficient (Wildman–Crippen LogP) is -0.796. The smallest absolute Gasteiger partial charge is 0.252 e. The molecule has 12 heavy (non-hydrogen) atoms. The third-order valence-corrected chi connectivity index (χ3v) is 1.91. The summed E-state index contributed by atoms with van der Waals surface area (Å²) in [6.07, 6.45) is 1.81. The molecule has 0 saturated carbocycles. The Morgan fingerprint density at radius 3 is 2.67 bits per heavy atom. The summed E-state index contributed by atoms with van der Waals surface area (Å²) in [5.41, 5.74) is -0.914. The number of nitriles is 1. The van der Waals surface area contributed by atoms with Gasteiger partial charge in [0.2, 0.25) is 5.91 Å². The van der Waals surface area contributed by atoms with Crippen molar-refractivity contribution in [3.8, 4) is 6.19 Å². The summed E-state index contributed by atoms with van der Waals surface area (Å²) in [6, 6.07) is 0. The highest BCUT2D eigenvalue weighted by Gasteiger charge is 2.40. The molecule has 5 nitrogen and oxygen atoms in total. The van der Waals surface area contributed by atoms with E-state index >= 15 is 0 Å². The first-order valence-corrected chi connectivity index (χ1v) is 3.50. The average Bonchev–Trinajstić information content (AvgIpc) is 1.97. The van der Waals surface area contributed by atoms with E-state index in [4.69, 9.17) is 5.26 Å². The monoisotopic (exact) mass is 167 g/mol. The van der Waals surface area contributed by atoms with Gasteiger partial charge in [-0.05, 0) is 13.8 Å². The number of piperazine rings is 1. The Hall–Kier alpha value is -1.57. The second-order valence-corrected chi connectivity index (χ2v) is 3.12. The molecule has 0 atom stereocenters. The van der Waals surface area contributed by atoms with Gasteiger partial charge in [0.15, 0.2) is 6.19 Å². The molecular weight excluding hydrogens is 158 g/mol. The van der Waals surface area contributed by atoms with E-state index in [1.165, 1.54) is 0 Å². The van der Waals surface area contributed by atoms with Crippen molar-refractivity contribution in [2.75, 3.05) is 6.54 Å². The molecule has 0 aromatic rings. The van der Waals surface area contributed by atoms with Crippen LogP contribution in [0.4, 0.5) is 0 Å². The van der Waals surface area contributed by atoms with Gasteiger partial charge in [-0.3, -0.25) is 19.8 Å². The van der Waals surface area contributed by atoms with Crippen LogP contribution >= 0.6 is 0 Å². The van der Waals surface area contributed by atoms with Crippen molar-refractivity contribution in [2.24, 2.45) is 0 Å². The summed E-state index contributed by atoms with van der Waals surface area (Å²) in [7, 11) is 0. The lowest BCUT2D eigenvalue weighted by Crippen LogP contribution is -2.62. The topological polar surface area (TPSA) is 73.2 Å². The lowest BCUT2D eigenvalue weighted by atomic mass is 10.00. The molecule has 0 unspecified atom stereocenters. The summed E-state index contributed by atoms with van der Waals surface area (Å²) >= 11 is 0. The van der Waals surface area contributed by atoms with Crippen molar-refractivity contribution in [3.63, 3.8) is 0 Å². The van der Waals surface area contributed by atoms with Gasteiger partial charge in [-0.25, -0.2) is 0 Å². The van der Waals surface area contributed by atoms with Gasteiger partial charge in [0.1, 0.15) is 12.1 Å². The number of rotatable bonds is 0. The molecule has 0 aromatic carbocycles. The molecule has 1 aliphatic heterocycles. The van der Waals surface area contributed by atoms with Crippen LogP contribution in [-0.2, 0) is 9.59 Å². The maximum atomic E-state index is 11.2. The fourth-order valence-electron chi connectivity index (χ4n) is 0.943. The third kappa shape index (κ3) is 1.11. The Balaban J connectivity index is 2.94. The SMILES string of the molecule is CC1(C)C(=O)NC(=O)CN1C#N. The molecular formula is C7H9N3O2. The van der Waals surface area contributed by atoms with Gasteiger partial charge in [0.25, 0.3) is 5.91 Å². The normalized spacial score (nSPS) is 21.6. The molecule has 0 spiro atoms. The van der Waals surface area contributed by atoms with E-state index < -0.39 is 17.4 Å². The molecule has 64 valence electrons. The highest BCUT2D eigenvalue weighted by molar-refractivity contribution is 6.03. The van der Waals surface area contributed by atoms with E-state index in [-0.39, 0.29) is 6.54 Å². The van der Waals surface area contributed by atoms with Gasteiger partial charge in [0.05, 0.1) is 0 Å². The number of nitrogens with zero attached hydrogens (tertiary/aromatic N) is 2. The average molecular weight is 167 g/mol. The molecule has 2 amide bonds. The number of carbonyl (C=O) groups excluding carboxylic acids is 2. The maximum Gasteiger partial charge on any atom is 0.252 e.